The monoisotopic (exact) mass is 175 g/mol. The summed E-state index contributed by atoms with van der Waals surface area (Å²) in [5, 5.41) is 12.5. The number of methoxy groups -OCH3 is 1. The van der Waals surface area contributed by atoms with Gasteiger partial charge in [0, 0.05) is 7.11 Å². The molecule has 72 valence electrons. The van der Waals surface area contributed by atoms with Crippen LogP contribution < -0.4 is 5.32 Å². The Morgan fingerprint density at radius 2 is 2.42 bits per heavy atom. The lowest BCUT2D eigenvalue weighted by Crippen LogP contribution is -2.46. The quantitative estimate of drug-likeness (QED) is 0.564. The van der Waals surface area contributed by atoms with E-state index in [0.717, 1.165) is 26.2 Å². The lowest BCUT2D eigenvalue weighted by atomic mass is 10.2. The van der Waals surface area contributed by atoms with Gasteiger partial charge in [0.2, 0.25) is 0 Å². The summed E-state index contributed by atoms with van der Waals surface area (Å²) in [5.41, 5.74) is 0. The van der Waals surface area contributed by atoms with Gasteiger partial charge in [-0.15, -0.1) is 0 Å². The average Bonchev–Trinajstić information content (AvgIpc) is 1.95. The van der Waals surface area contributed by atoms with Crippen LogP contribution in [0.1, 0.15) is 6.42 Å². The molecule has 0 radical (unpaired) electrons. The maximum atomic E-state index is 9.26. The molecule has 1 aliphatic rings. The van der Waals surface area contributed by atoms with E-state index >= 15 is 0 Å². The molecule has 1 unspecified atom stereocenters. The minimum Gasteiger partial charge on any atom is -0.391 e. The molecule has 1 heterocycles. The van der Waals surface area contributed by atoms with Crippen molar-refractivity contribution in [1.82, 2.24) is 5.32 Å². The summed E-state index contributed by atoms with van der Waals surface area (Å²) < 4.78 is 9.79. The van der Waals surface area contributed by atoms with Gasteiger partial charge in [0.1, 0.15) is 0 Å². The fraction of sp³-hybridized carbons (Fsp3) is 1.00. The van der Waals surface area contributed by atoms with Crippen LogP contribution in [-0.4, -0.2) is 50.7 Å². The molecule has 0 aromatic heterocycles. The van der Waals surface area contributed by atoms with Gasteiger partial charge in [0.25, 0.3) is 0 Å². The zero-order chi connectivity index (χ0) is 8.81. The summed E-state index contributed by atoms with van der Waals surface area (Å²) in [6.45, 7) is 2.86. The standard InChI is InChI=1S/C8H17NO3/c1-11-6-8(10)2-3-9-7-4-12-5-7/h7-10H,2-6H2,1H3. The molecule has 0 saturated carbocycles. The van der Waals surface area contributed by atoms with Crippen LogP contribution in [0.25, 0.3) is 0 Å². The van der Waals surface area contributed by atoms with E-state index in [4.69, 9.17) is 9.47 Å². The van der Waals surface area contributed by atoms with Gasteiger partial charge in [0.15, 0.2) is 0 Å². The first-order valence-electron chi connectivity index (χ1n) is 4.31. The molecular formula is C8H17NO3. The molecule has 0 amide bonds. The van der Waals surface area contributed by atoms with Gasteiger partial charge >= 0.3 is 0 Å². The molecule has 0 aromatic carbocycles. The second-order valence-corrected chi connectivity index (χ2v) is 3.09. The molecule has 12 heavy (non-hydrogen) atoms. The van der Waals surface area contributed by atoms with Gasteiger partial charge in [-0.2, -0.15) is 0 Å². The van der Waals surface area contributed by atoms with Crippen LogP contribution in [0.4, 0.5) is 0 Å². The van der Waals surface area contributed by atoms with Gasteiger partial charge in [0.05, 0.1) is 32.0 Å². The summed E-state index contributed by atoms with van der Waals surface area (Å²) in [6, 6.07) is 0.500. The van der Waals surface area contributed by atoms with Gasteiger partial charge < -0.3 is 19.9 Å². The van der Waals surface area contributed by atoms with Crippen LogP contribution in [-0.2, 0) is 9.47 Å². The van der Waals surface area contributed by atoms with E-state index < -0.39 is 0 Å². The van der Waals surface area contributed by atoms with Crippen molar-refractivity contribution in [2.24, 2.45) is 0 Å². The van der Waals surface area contributed by atoms with Crippen molar-refractivity contribution < 1.29 is 14.6 Å². The fourth-order valence-electron chi connectivity index (χ4n) is 1.08. The molecule has 2 N–H and O–H groups in total. The van der Waals surface area contributed by atoms with Crippen LogP contribution >= 0.6 is 0 Å². The maximum Gasteiger partial charge on any atom is 0.0785 e. The minimum atomic E-state index is -0.344. The third-order valence-corrected chi connectivity index (χ3v) is 1.91. The highest BCUT2D eigenvalue weighted by molar-refractivity contribution is 4.73. The molecule has 0 bridgehead atoms. The summed E-state index contributed by atoms with van der Waals surface area (Å²) in [5.74, 6) is 0. The van der Waals surface area contributed by atoms with Crippen LogP contribution in [0.15, 0.2) is 0 Å². The third kappa shape index (κ3) is 3.49. The normalized spacial score (nSPS) is 20.5. The molecule has 0 aliphatic carbocycles. The molecule has 1 rings (SSSR count). The Labute approximate surface area is 72.9 Å². The highest BCUT2D eigenvalue weighted by Crippen LogP contribution is 1.99. The number of hydrogen-bond acceptors (Lipinski definition) is 4. The van der Waals surface area contributed by atoms with Gasteiger partial charge in [-0.25, -0.2) is 0 Å². The number of ether oxygens (including phenoxy) is 2. The Kier molecular flexibility index (Phi) is 4.53. The van der Waals surface area contributed by atoms with Gasteiger partial charge in [-0.3, -0.25) is 0 Å². The van der Waals surface area contributed by atoms with Crippen molar-refractivity contribution in [3.63, 3.8) is 0 Å². The predicted octanol–water partition coefficient (Wildman–Crippen LogP) is -0.628. The van der Waals surface area contributed by atoms with Crippen molar-refractivity contribution in [3.05, 3.63) is 0 Å². The van der Waals surface area contributed by atoms with Crippen LogP contribution in [0.2, 0.25) is 0 Å². The first-order chi connectivity index (χ1) is 5.83. The van der Waals surface area contributed by atoms with E-state index in [1.165, 1.54) is 0 Å². The third-order valence-electron chi connectivity index (χ3n) is 1.91. The Bertz CT molecular complexity index is 117. The molecule has 1 saturated heterocycles. The van der Waals surface area contributed by atoms with E-state index in [9.17, 15) is 5.11 Å². The largest absolute Gasteiger partial charge is 0.391 e. The van der Waals surface area contributed by atoms with Crippen molar-refractivity contribution in [1.29, 1.82) is 0 Å². The smallest absolute Gasteiger partial charge is 0.0785 e. The zero-order valence-corrected chi connectivity index (χ0v) is 7.45. The number of hydrogen-bond donors (Lipinski definition) is 2. The maximum absolute atomic E-state index is 9.26. The van der Waals surface area contributed by atoms with E-state index in [-0.39, 0.29) is 6.10 Å². The lowest BCUT2D eigenvalue weighted by molar-refractivity contribution is -0.00774. The highest BCUT2D eigenvalue weighted by Gasteiger charge is 2.17. The van der Waals surface area contributed by atoms with E-state index in [1.807, 2.05) is 0 Å². The molecule has 0 aromatic rings. The van der Waals surface area contributed by atoms with Gasteiger partial charge in [-0.05, 0) is 13.0 Å². The second-order valence-electron chi connectivity index (χ2n) is 3.09. The van der Waals surface area contributed by atoms with E-state index in [1.54, 1.807) is 7.11 Å². The summed E-state index contributed by atoms with van der Waals surface area (Å²) in [7, 11) is 1.59. The van der Waals surface area contributed by atoms with Crippen LogP contribution in [0.3, 0.4) is 0 Å². The van der Waals surface area contributed by atoms with Crippen molar-refractivity contribution >= 4 is 0 Å². The van der Waals surface area contributed by atoms with Crippen LogP contribution in [0.5, 0.6) is 0 Å². The number of rotatable bonds is 6. The number of aliphatic hydroxyl groups excluding tert-OH is 1. The molecule has 4 nitrogen and oxygen atoms in total. The van der Waals surface area contributed by atoms with E-state index in [0.29, 0.717) is 12.6 Å². The first-order valence-corrected chi connectivity index (χ1v) is 4.31. The zero-order valence-electron chi connectivity index (χ0n) is 7.45. The Balaban J connectivity index is 1.86. The topological polar surface area (TPSA) is 50.7 Å². The molecule has 1 fully saturated rings. The molecule has 1 aliphatic heterocycles. The summed E-state index contributed by atoms with van der Waals surface area (Å²) in [4.78, 5) is 0. The Morgan fingerprint density at radius 3 is 2.92 bits per heavy atom. The minimum absolute atomic E-state index is 0.344. The average molecular weight is 175 g/mol. The second kappa shape index (κ2) is 5.48. The Morgan fingerprint density at radius 1 is 1.67 bits per heavy atom. The summed E-state index contributed by atoms with van der Waals surface area (Å²) in [6.07, 6.45) is 0.396. The van der Waals surface area contributed by atoms with Gasteiger partial charge in [-0.1, -0.05) is 0 Å². The first kappa shape index (κ1) is 9.92. The highest BCUT2D eigenvalue weighted by atomic mass is 16.5. The van der Waals surface area contributed by atoms with Crippen molar-refractivity contribution in [2.75, 3.05) is 33.5 Å². The lowest BCUT2D eigenvalue weighted by Gasteiger charge is -2.27. The van der Waals surface area contributed by atoms with E-state index in [2.05, 4.69) is 5.32 Å². The van der Waals surface area contributed by atoms with Crippen LogP contribution in [0, 0.1) is 0 Å². The van der Waals surface area contributed by atoms with Crippen molar-refractivity contribution in [3.8, 4) is 0 Å². The molecule has 4 heteroatoms. The SMILES string of the molecule is COCC(O)CCNC1COC1. The predicted molar refractivity (Wildman–Crippen MR) is 45.1 cm³/mol. The van der Waals surface area contributed by atoms with Crippen molar-refractivity contribution in [2.45, 2.75) is 18.6 Å². The fourth-order valence-corrected chi connectivity index (χ4v) is 1.08. The molecule has 0 spiro atoms. The molecule has 1 atom stereocenters. The molecular weight excluding hydrogens is 158 g/mol. The summed E-state index contributed by atoms with van der Waals surface area (Å²) >= 11 is 0. The number of nitrogens with one attached hydrogen (secondary N) is 1. The number of aliphatic hydroxyl groups is 1. The Hall–Kier alpha value is -0.160.